The molecule has 0 spiro atoms. The Kier molecular flexibility index (Phi) is 5.23. The maximum Gasteiger partial charge on any atom is 0.350 e. The molecular formula is C30H30N4O3. The largest absolute Gasteiger partial charge is 0.386 e. The fourth-order valence-corrected chi connectivity index (χ4v) is 6.09. The first-order valence-corrected chi connectivity index (χ1v) is 12.9. The number of nitrogens with zero attached hydrogens (tertiary/aromatic N) is 2. The fraction of sp³-hybridized carbons (Fsp3) is 0.333. The highest BCUT2D eigenvalue weighted by molar-refractivity contribution is 6.17. The summed E-state index contributed by atoms with van der Waals surface area (Å²) in [6, 6.07) is 6.20. The highest BCUT2D eigenvalue weighted by Gasteiger charge is 2.34. The van der Waals surface area contributed by atoms with Crippen LogP contribution < -0.4 is 0 Å². The van der Waals surface area contributed by atoms with Crippen LogP contribution in [0.4, 0.5) is 0 Å². The van der Waals surface area contributed by atoms with Gasteiger partial charge in [0, 0.05) is 45.9 Å². The summed E-state index contributed by atoms with van der Waals surface area (Å²) >= 11 is 0. The number of esters is 2. The van der Waals surface area contributed by atoms with Crippen LogP contribution in [-0.2, 0) is 11.2 Å². The standard InChI is InChI=1S/C30H30N4O3/c1-7-17-14(4)20-10-19-13(3)9-25(31-19)27-28-26(29(35)37-30(27)36)16(6)22(34-28)12-24-18(8-2)15(5)21(33-24)11-23(17)32-20/h7,10-13,15,18,33-34H,1,8-9H2,2-6H3/t13-,15?,18?/m1/s1. The average Bonchev–Trinajstić information content (AvgIpc) is 3.54. The van der Waals surface area contributed by atoms with E-state index in [1.165, 1.54) is 0 Å². The van der Waals surface area contributed by atoms with Gasteiger partial charge in [-0.05, 0) is 56.0 Å². The Morgan fingerprint density at radius 2 is 1.78 bits per heavy atom. The summed E-state index contributed by atoms with van der Waals surface area (Å²) in [7, 11) is 0. The van der Waals surface area contributed by atoms with Gasteiger partial charge in [0.25, 0.3) is 0 Å². The van der Waals surface area contributed by atoms with Crippen LogP contribution in [0.2, 0.25) is 0 Å². The second-order valence-corrected chi connectivity index (χ2v) is 10.5. The number of hydrogen-bond acceptors (Lipinski definition) is 5. The summed E-state index contributed by atoms with van der Waals surface area (Å²) in [4.78, 5) is 42.7. The minimum Gasteiger partial charge on any atom is -0.386 e. The highest BCUT2D eigenvalue weighted by Crippen LogP contribution is 2.41. The van der Waals surface area contributed by atoms with Crippen molar-refractivity contribution in [2.75, 3.05) is 0 Å². The van der Waals surface area contributed by atoms with Gasteiger partial charge in [0.15, 0.2) is 0 Å². The summed E-state index contributed by atoms with van der Waals surface area (Å²) in [6.07, 6.45) is 3.38. The number of cyclic esters (lactones) is 2. The molecule has 0 aliphatic carbocycles. The van der Waals surface area contributed by atoms with Crippen molar-refractivity contribution in [1.82, 2.24) is 19.9 Å². The second kappa shape index (κ2) is 8.26. The van der Waals surface area contributed by atoms with Crippen molar-refractivity contribution in [1.29, 1.82) is 0 Å². The normalized spacial score (nSPS) is 21.7. The van der Waals surface area contributed by atoms with E-state index in [-0.39, 0.29) is 17.8 Å². The van der Waals surface area contributed by atoms with E-state index >= 15 is 0 Å². The number of rotatable bonds is 2. The molecule has 4 aliphatic rings. The molecule has 8 bridgehead atoms. The van der Waals surface area contributed by atoms with Crippen molar-refractivity contribution >= 4 is 34.1 Å². The van der Waals surface area contributed by atoms with Gasteiger partial charge in [0.05, 0.1) is 28.2 Å². The summed E-state index contributed by atoms with van der Waals surface area (Å²) in [5.41, 5.74) is 10.2. The first-order chi connectivity index (χ1) is 17.7. The third kappa shape index (κ3) is 3.40. The number of aryl methyl sites for hydroxylation is 1. The molecule has 2 N–H and O–H groups in total. The highest BCUT2D eigenvalue weighted by atomic mass is 16.6. The van der Waals surface area contributed by atoms with Gasteiger partial charge >= 0.3 is 11.9 Å². The summed E-state index contributed by atoms with van der Waals surface area (Å²) in [5.74, 6) is -0.677. The summed E-state index contributed by atoms with van der Waals surface area (Å²) in [5, 5.41) is 0. The number of carbonyl (C=O) groups excluding carboxylic acids is 2. The molecule has 0 fully saturated rings. The van der Waals surface area contributed by atoms with Crippen molar-refractivity contribution in [3.8, 4) is 0 Å². The lowest BCUT2D eigenvalue weighted by Crippen LogP contribution is -2.20. The molecule has 0 saturated heterocycles. The molecule has 6 heterocycles. The number of aromatic amines is 2. The molecule has 0 radical (unpaired) electrons. The zero-order valence-electron chi connectivity index (χ0n) is 21.8. The molecule has 188 valence electrons. The Labute approximate surface area is 215 Å². The van der Waals surface area contributed by atoms with E-state index in [0.717, 1.165) is 57.1 Å². The van der Waals surface area contributed by atoms with Crippen LogP contribution in [0.25, 0.3) is 22.2 Å². The Balaban J connectivity index is 1.80. The SMILES string of the molecule is C=CC1=C(C)c2cc3nc(c4c5[nH]c(cc6[nH]c(cc1n2)C(C)C6CC)c(C)c5C(=O)OC4=O)C[C@H]3C. The Bertz CT molecular complexity index is 1640. The van der Waals surface area contributed by atoms with Crippen LogP contribution in [0.5, 0.6) is 0 Å². The fourth-order valence-electron chi connectivity index (χ4n) is 6.09. The van der Waals surface area contributed by atoms with Gasteiger partial charge in [-0.15, -0.1) is 0 Å². The topological polar surface area (TPSA) is 101 Å². The number of allylic oxidation sites excluding steroid dienone is 3. The molecule has 0 amide bonds. The van der Waals surface area contributed by atoms with Gasteiger partial charge in [-0.3, -0.25) is 4.98 Å². The lowest BCUT2D eigenvalue weighted by molar-refractivity contribution is 0.0389. The third-order valence-corrected chi connectivity index (χ3v) is 8.30. The van der Waals surface area contributed by atoms with Crippen molar-refractivity contribution in [3.63, 3.8) is 0 Å². The summed E-state index contributed by atoms with van der Waals surface area (Å²) in [6.45, 7) is 14.5. The Morgan fingerprint density at radius 3 is 2.51 bits per heavy atom. The Hall–Kier alpha value is -4.00. The molecule has 3 atom stereocenters. The molecule has 7 heteroatoms. The average molecular weight is 495 g/mol. The van der Waals surface area contributed by atoms with E-state index in [1.54, 1.807) is 0 Å². The second-order valence-electron chi connectivity index (χ2n) is 10.5. The van der Waals surface area contributed by atoms with Gasteiger partial charge in [0.2, 0.25) is 0 Å². The molecule has 0 saturated carbocycles. The molecule has 2 unspecified atom stereocenters. The monoisotopic (exact) mass is 494 g/mol. The van der Waals surface area contributed by atoms with E-state index < -0.39 is 11.9 Å². The van der Waals surface area contributed by atoms with E-state index in [4.69, 9.17) is 14.7 Å². The maximum absolute atomic E-state index is 13.0. The minimum absolute atomic E-state index is 0.0813. The van der Waals surface area contributed by atoms with Crippen LogP contribution in [0.15, 0.2) is 30.9 Å². The van der Waals surface area contributed by atoms with E-state index in [1.807, 2.05) is 19.1 Å². The first kappa shape index (κ1) is 23.4. The maximum atomic E-state index is 13.0. The number of hydrogen-bond donors (Lipinski definition) is 2. The summed E-state index contributed by atoms with van der Waals surface area (Å²) < 4.78 is 5.21. The molecule has 0 aromatic carbocycles. The molecule has 6 rings (SSSR count). The van der Waals surface area contributed by atoms with Crippen molar-refractivity contribution < 1.29 is 14.3 Å². The van der Waals surface area contributed by atoms with Gasteiger partial charge < -0.3 is 14.7 Å². The van der Waals surface area contributed by atoms with Gasteiger partial charge in [-0.2, -0.15) is 0 Å². The van der Waals surface area contributed by atoms with Crippen molar-refractivity contribution in [2.45, 2.75) is 65.2 Å². The zero-order valence-corrected chi connectivity index (χ0v) is 21.8. The number of carbonyl (C=O) groups is 2. The number of ether oxygens (including phenoxy) is 1. The lowest BCUT2D eigenvalue weighted by Gasteiger charge is -2.13. The van der Waals surface area contributed by atoms with Crippen molar-refractivity contribution in [2.24, 2.45) is 0 Å². The van der Waals surface area contributed by atoms with E-state index in [2.05, 4.69) is 56.4 Å². The van der Waals surface area contributed by atoms with Gasteiger partial charge in [-0.25, -0.2) is 14.6 Å². The molecular weight excluding hydrogens is 464 g/mol. The number of H-pyrrole nitrogens is 2. The third-order valence-electron chi connectivity index (χ3n) is 8.30. The number of nitrogens with one attached hydrogen (secondary N) is 2. The van der Waals surface area contributed by atoms with E-state index in [0.29, 0.717) is 28.8 Å². The van der Waals surface area contributed by atoms with Gasteiger partial charge in [0.1, 0.15) is 5.56 Å². The van der Waals surface area contributed by atoms with Crippen LogP contribution in [0, 0.1) is 6.92 Å². The van der Waals surface area contributed by atoms with E-state index in [9.17, 15) is 9.59 Å². The smallest absolute Gasteiger partial charge is 0.350 e. The predicted octanol–water partition coefficient (Wildman–Crippen LogP) is 6.42. The number of fused-ring (bicyclic) bond motifs is 8. The molecule has 37 heavy (non-hydrogen) atoms. The molecule has 4 aliphatic heterocycles. The van der Waals surface area contributed by atoms with Crippen LogP contribution >= 0.6 is 0 Å². The predicted molar refractivity (Wildman–Crippen MR) is 143 cm³/mol. The lowest BCUT2D eigenvalue weighted by atomic mass is 9.89. The van der Waals surface area contributed by atoms with Gasteiger partial charge in [-0.1, -0.05) is 33.4 Å². The van der Waals surface area contributed by atoms with Crippen LogP contribution in [-0.4, -0.2) is 31.9 Å². The number of aromatic nitrogens is 4. The molecule has 2 aromatic heterocycles. The van der Waals surface area contributed by atoms with Crippen molar-refractivity contribution in [3.05, 3.63) is 81.7 Å². The quantitative estimate of drug-likeness (QED) is 0.371. The zero-order chi connectivity index (χ0) is 26.2. The minimum atomic E-state index is -0.658. The molecule has 7 nitrogen and oxygen atoms in total. The van der Waals surface area contributed by atoms with Crippen LogP contribution in [0.1, 0.15) is 112 Å². The van der Waals surface area contributed by atoms with Crippen LogP contribution in [0.3, 0.4) is 0 Å². The first-order valence-electron chi connectivity index (χ1n) is 12.9. The molecule has 2 aromatic rings. The Morgan fingerprint density at radius 1 is 1.03 bits per heavy atom.